The average Bonchev–Trinajstić information content (AvgIpc) is 3.37. The van der Waals surface area contributed by atoms with Gasteiger partial charge in [-0.05, 0) is 52.7 Å². The van der Waals surface area contributed by atoms with Crippen molar-refractivity contribution in [2.45, 2.75) is 13.0 Å². The van der Waals surface area contributed by atoms with Crippen LogP contribution in [0, 0.1) is 18.6 Å². The van der Waals surface area contributed by atoms with E-state index in [9.17, 15) is 23.5 Å². The Morgan fingerprint density at radius 2 is 1.92 bits per heavy atom. The zero-order valence-electron chi connectivity index (χ0n) is 18.9. The van der Waals surface area contributed by atoms with Crippen LogP contribution in [0.25, 0.3) is 16.0 Å². The topological polar surface area (TPSA) is 79.7 Å². The third-order valence-electron chi connectivity index (χ3n) is 5.84. The number of rotatable bonds is 4. The number of hydrogen-bond acceptors (Lipinski definition) is 6. The monoisotopic (exact) mass is 570 g/mol. The number of nitrogens with zero attached hydrogens (tertiary/aromatic N) is 2. The Morgan fingerprint density at radius 3 is 2.61 bits per heavy atom. The third kappa shape index (κ3) is 3.96. The summed E-state index contributed by atoms with van der Waals surface area (Å²) in [5.41, 5.74) is 1.45. The van der Waals surface area contributed by atoms with E-state index in [1.165, 1.54) is 7.11 Å². The number of carbonyl (C=O) groups excluding carboxylic acids is 2. The number of carbonyl (C=O) groups is 2. The molecule has 0 saturated carbocycles. The molecule has 3 aromatic carbocycles. The van der Waals surface area contributed by atoms with E-state index in [0.29, 0.717) is 21.9 Å². The number of methoxy groups -OCH3 is 1. The maximum atomic E-state index is 14.4. The lowest BCUT2D eigenvalue weighted by atomic mass is 9.94. The first-order valence-corrected chi connectivity index (χ1v) is 12.3. The lowest BCUT2D eigenvalue weighted by Gasteiger charge is -2.23. The molecular formula is C26H17BrF2N2O4S. The second kappa shape index (κ2) is 9.11. The third-order valence-corrected chi connectivity index (χ3v) is 7.46. The van der Waals surface area contributed by atoms with Crippen LogP contribution in [0.3, 0.4) is 0 Å². The number of aliphatic hydroxyl groups excluding tert-OH is 1. The molecule has 1 unspecified atom stereocenters. The van der Waals surface area contributed by atoms with Crippen molar-refractivity contribution in [3.63, 3.8) is 0 Å². The Hall–Kier alpha value is -3.63. The minimum atomic E-state index is -1.04. The molecule has 0 spiro atoms. The minimum Gasteiger partial charge on any atom is -0.507 e. The first-order valence-electron chi connectivity index (χ1n) is 10.7. The maximum Gasteiger partial charge on any atom is 0.301 e. The number of ether oxygens (including phenoxy) is 1. The SMILES string of the molecule is COc1ccc(/C(O)=C2\C(=O)C(=O)N(c3nc4c(F)cc(F)cc4s3)C2c2cccc(C)c2)cc1Br. The lowest BCUT2D eigenvalue weighted by molar-refractivity contribution is -0.132. The predicted molar refractivity (Wildman–Crippen MR) is 136 cm³/mol. The molecule has 10 heteroatoms. The van der Waals surface area contributed by atoms with Crippen molar-refractivity contribution in [1.29, 1.82) is 0 Å². The molecule has 1 saturated heterocycles. The summed E-state index contributed by atoms with van der Waals surface area (Å²) in [6.45, 7) is 1.85. The van der Waals surface area contributed by atoms with Crippen LogP contribution < -0.4 is 9.64 Å². The summed E-state index contributed by atoms with van der Waals surface area (Å²) in [5, 5.41) is 11.3. The fraction of sp³-hybridized carbons (Fsp3) is 0.115. The van der Waals surface area contributed by atoms with E-state index < -0.39 is 29.4 Å². The molecule has 1 aliphatic rings. The number of anilines is 1. The maximum absolute atomic E-state index is 14.4. The highest BCUT2D eigenvalue weighted by Gasteiger charge is 2.48. The number of aromatic nitrogens is 1. The zero-order valence-corrected chi connectivity index (χ0v) is 21.3. The number of fused-ring (bicyclic) bond motifs is 1. The van der Waals surface area contributed by atoms with Crippen LogP contribution in [0.15, 0.2) is 64.6 Å². The number of thiazole rings is 1. The Labute approximate surface area is 216 Å². The molecule has 1 N–H and O–H groups in total. The van der Waals surface area contributed by atoms with Gasteiger partial charge in [-0.1, -0.05) is 41.2 Å². The molecule has 182 valence electrons. The standard InChI is InChI=1S/C26H17BrF2N2O4S/c1-12-4-3-5-13(8-12)22-20(23(32)14-6-7-18(35-2)16(27)9-14)24(33)25(34)31(22)26-30-21-17(29)10-15(28)11-19(21)36-26/h3-11,22,32H,1-2H3/b23-20+. The number of halogens is 3. The van der Waals surface area contributed by atoms with Gasteiger partial charge in [0.25, 0.3) is 5.78 Å². The number of benzene rings is 3. The highest BCUT2D eigenvalue weighted by atomic mass is 79.9. The summed E-state index contributed by atoms with van der Waals surface area (Å²) >= 11 is 4.25. The van der Waals surface area contributed by atoms with E-state index >= 15 is 0 Å². The van der Waals surface area contributed by atoms with Crippen LogP contribution in [0.2, 0.25) is 0 Å². The minimum absolute atomic E-state index is 0.0121. The number of aliphatic hydroxyl groups is 1. The van der Waals surface area contributed by atoms with Gasteiger partial charge in [0.05, 0.1) is 27.9 Å². The van der Waals surface area contributed by atoms with Crippen LogP contribution >= 0.6 is 27.3 Å². The summed E-state index contributed by atoms with van der Waals surface area (Å²) < 4.78 is 34.1. The molecule has 0 aliphatic carbocycles. The largest absolute Gasteiger partial charge is 0.507 e. The molecule has 1 atom stereocenters. The van der Waals surface area contributed by atoms with E-state index in [1.807, 2.05) is 13.0 Å². The molecule has 36 heavy (non-hydrogen) atoms. The highest BCUT2D eigenvalue weighted by Crippen LogP contribution is 2.45. The van der Waals surface area contributed by atoms with Crippen LogP contribution in [-0.2, 0) is 9.59 Å². The number of ketones is 1. The first-order chi connectivity index (χ1) is 17.2. The molecule has 1 amide bonds. The Bertz CT molecular complexity index is 1600. The van der Waals surface area contributed by atoms with Crippen molar-refractivity contribution in [2.24, 2.45) is 0 Å². The second-order valence-electron chi connectivity index (χ2n) is 8.16. The second-order valence-corrected chi connectivity index (χ2v) is 10.0. The molecular weight excluding hydrogens is 554 g/mol. The van der Waals surface area contributed by atoms with E-state index in [0.717, 1.165) is 27.9 Å². The van der Waals surface area contributed by atoms with Crippen molar-refractivity contribution < 1.29 is 28.2 Å². The van der Waals surface area contributed by atoms with Gasteiger partial charge in [0.2, 0.25) is 0 Å². The number of amides is 1. The summed E-state index contributed by atoms with van der Waals surface area (Å²) in [4.78, 5) is 32.0. The Kier molecular flexibility index (Phi) is 6.09. The zero-order chi connectivity index (χ0) is 25.7. The fourth-order valence-electron chi connectivity index (χ4n) is 4.20. The fourth-order valence-corrected chi connectivity index (χ4v) is 5.78. The summed E-state index contributed by atoms with van der Waals surface area (Å²) in [6.07, 6.45) is 0. The molecule has 2 heterocycles. The van der Waals surface area contributed by atoms with Crippen molar-refractivity contribution in [2.75, 3.05) is 12.0 Å². The van der Waals surface area contributed by atoms with Crippen molar-refractivity contribution in [3.05, 3.63) is 93.0 Å². The van der Waals surface area contributed by atoms with Gasteiger partial charge in [-0.2, -0.15) is 0 Å². The first kappa shape index (κ1) is 24.1. The van der Waals surface area contributed by atoms with Crippen LogP contribution in [-0.4, -0.2) is 28.9 Å². The smallest absolute Gasteiger partial charge is 0.301 e. The number of hydrogen-bond donors (Lipinski definition) is 1. The number of Topliss-reactive ketones (excluding diaryl/α,β-unsaturated/α-hetero) is 1. The van der Waals surface area contributed by atoms with Crippen molar-refractivity contribution in [3.8, 4) is 5.75 Å². The average molecular weight is 571 g/mol. The normalized spacial score (nSPS) is 17.2. The molecule has 4 aromatic rings. The summed E-state index contributed by atoms with van der Waals surface area (Å²) in [6, 6.07) is 12.7. The summed E-state index contributed by atoms with van der Waals surface area (Å²) in [7, 11) is 1.50. The molecule has 1 fully saturated rings. The quantitative estimate of drug-likeness (QED) is 0.177. The van der Waals surface area contributed by atoms with Gasteiger partial charge in [0.15, 0.2) is 10.9 Å². The van der Waals surface area contributed by atoms with Crippen LogP contribution in [0.5, 0.6) is 5.75 Å². The van der Waals surface area contributed by atoms with E-state index in [-0.39, 0.29) is 32.2 Å². The molecule has 1 aliphatic heterocycles. The van der Waals surface area contributed by atoms with Gasteiger partial charge >= 0.3 is 5.91 Å². The van der Waals surface area contributed by atoms with Gasteiger partial charge in [-0.3, -0.25) is 14.5 Å². The highest BCUT2D eigenvalue weighted by molar-refractivity contribution is 9.10. The van der Waals surface area contributed by atoms with E-state index in [4.69, 9.17) is 4.74 Å². The van der Waals surface area contributed by atoms with E-state index in [1.54, 1.807) is 36.4 Å². The van der Waals surface area contributed by atoms with Crippen LogP contribution in [0.4, 0.5) is 13.9 Å². The van der Waals surface area contributed by atoms with Crippen molar-refractivity contribution >= 4 is 60.1 Å². The molecule has 0 radical (unpaired) electrons. The Morgan fingerprint density at radius 1 is 1.14 bits per heavy atom. The van der Waals surface area contributed by atoms with Gasteiger partial charge in [0.1, 0.15) is 22.8 Å². The van der Waals surface area contributed by atoms with Crippen molar-refractivity contribution in [1.82, 2.24) is 4.98 Å². The molecule has 0 bridgehead atoms. The van der Waals surface area contributed by atoms with Gasteiger partial charge in [-0.25, -0.2) is 13.8 Å². The molecule has 5 rings (SSSR count). The predicted octanol–water partition coefficient (Wildman–Crippen LogP) is 6.28. The number of aryl methyl sites for hydroxylation is 1. The van der Waals surface area contributed by atoms with Gasteiger partial charge in [0, 0.05) is 11.6 Å². The van der Waals surface area contributed by atoms with Gasteiger partial charge in [-0.15, -0.1) is 0 Å². The molecule has 6 nitrogen and oxygen atoms in total. The van der Waals surface area contributed by atoms with Crippen LogP contribution in [0.1, 0.15) is 22.7 Å². The summed E-state index contributed by atoms with van der Waals surface area (Å²) in [5.74, 6) is -3.38. The lowest BCUT2D eigenvalue weighted by Crippen LogP contribution is -2.29. The van der Waals surface area contributed by atoms with Gasteiger partial charge < -0.3 is 9.84 Å². The Balaban J connectivity index is 1.74. The molecule has 1 aromatic heterocycles. The van der Waals surface area contributed by atoms with E-state index in [2.05, 4.69) is 20.9 Å².